The number of hydrogen-bond acceptors (Lipinski definition) is 2. The molecule has 2 N–H and O–H groups in total. The molecule has 3 nitrogen and oxygen atoms in total. The molecule has 1 unspecified atom stereocenters. The van der Waals surface area contributed by atoms with Gasteiger partial charge in [-0.25, -0.2) is 4.79 Å². The lowest BCUT2D eigenvalue weighted by atomic mass is 9.91. The predicted octanol–water partition coefficient (Wildman–Crippen LogP) is 5.25. The predicted molar refractivity (Wildman–Crippen MR) is 86.2 cm³/mol. The third-order valence-corrected chi connectivity index (χ3v) is 4.15. The third kappa shape index (κ3) is 5.07. The van der Waals surface area contributed by atoms with Crippen molar-refractivity contribution in [3.63, 3.8) is 0 Å². The van der Waals surface area contributed by atoms with Gasteiger partial charge in [0, 0.05) is 0 Å². The minimum atomic E-state index is -1.06. The van der Waals surface area contributed by atoms with Crippen LogP contribution in [-0.4, -0.2) is 16.2 Å². The van der Waals surface area contributed by atoms with Gasteiger partial charge in [-0.15, -0.1) is 0 Å². The fraction of sp³-hybridized carbons (Fsp3) is 0.611. The van der Waals surface area contributed by atoms with Gasteiger partial charge < -0.3 is 10.2 Å². The maximum absolute atomic E-state index is 11.2. The number of carbonyl (C=O) groups is 1. The number of benzene rings is 1. The van der Waals surface area contributed by atoms with E-state index in [0.717, 1.165) is 18.4 Å². The largest absolute Gasteiger partial charge is 0.507 e. The molecule has 1 atom stereocenters. The Morgan fingerprint density at radius 3 is 2.38 bits per heavy atom. The van der Waals surface area contributed by atoms with Crippen LogP contribution in [0.1, 0.15) is 86.2 Å². The number of phenols is 1. The minimum absolute atomic E-state index is 0.0438. The molecule has 0 saturated heterocycles. The number of aromatic carboxylic acids is 1. The van der Waals surface area contributed by atoms with Gasteiger partial charge in [-0.1, -0.05) is 64.5 Å². The molecule has 0 aliphatic rings. The first-order valence-corrected chi connectivity index (χ1v) is 8.04. The molecule has 1 aromatic rings. The Labute approximate surface area is 128 Å². The molecule has 0 aliphatic carbocycles. The zero-order valence-electron chi connectivity index (χ0n) is 13.5. The van der Waals surface area contributed by atoms with Crippen molar-refractivity contribution in [2.45, 2.75) is 71.6 Å². The summed E-state index contributed by atoms with van der Waals surface area (Å²) in [6, 6.07) is 3.65. The average molecular weight is 292 g/mol. The summed E-state index contributed by atoms with van der Waals surface area (Å²) in [6.07, 6.45) is 8.44. The van der Waals surface area contributed by atoms with Crippen molar-refractivity contribution in [2.24, 2.45) is 0 Å². The maximum atomic E-state index is 11.2. The van der Waals surface area contributed by atoms with E-state index in [2.05, 4.69) is 13.8 Å². The topological polar surface area (TPSA) is 57.5 Å². The number of unbranched alkanes of at least 4 members (excludes halogenated alkanes) is 5. The number of hydrogen-bond donors (Lipinski definition) is 2. The van der Waals surface area contributed by atoms with Gasteiger partial charge in [0.2, 0.25) is 0 Å². The van der Waals surface area contributed by atoms with Crippen molar-refractivity contribution in [2.75, 3.05) is 0 Å². The fourth-order valence-corrected chi connectivity index (χ4v) is 2.76. The Balaban J connectivity index is 2.60. The molecule has 3 heteroatoms. The molecule has 1 rings (SSSR count). The van der Waals surface area contributed by atoms with Crippen LogP contribution in [0.2, 0.25) is 0 Å². The smallest absolute Gasteiger partial charge is 0.339 e. The van der Waals surface area contributed by atoms with Crippen LogP contribution in [0, 0.1) is 6.92 Å². The van der Waals surface area contributed by atoms with E-state index in [0.29, 0.717) is 5.56 Å². The highest BCUT2D eigenvalue weighted by Crippen LogP contribution is 2.34. The van der Waals surface area contributed by atoms with Gasteiger partial charge in [0.25, 0.3) is 0 Å². The normalized spacial score (nSPS) is 12.3. The molecule has 1 aromatic carbocycles. The van der Waals surface area contributed by atoms with E-state index in [4.69, 9.17) is 0 Å². The number of carboxylic acids is 1. The van der Waals surface area contributed by atoms with E-state index >= 15 is 0 Å². The third-order valence-electron chi connectivity index (χ3n) is 4.15. The quantitative estimate of drug-likeness (QED) is 0.611. The fourth-order valence-electron chi connectivity index (χ4n) is 2.76. The Kier molecular flexibility index (Phi) is 7.27. The summed E-state index contributed by atoms with van der Waals surface area (Å²) in [7, 11) is 0. The Hall–Kier alpha value is -1.51. The van der Waals surface area contributed by atoms with Crippen LogP contribution < -0.4 is 0 Å². The Morgan fingerprint density at radius 1 is 1.14 bits per heavy atom. The van der Waals surface area contributed by atoms with E-state index in [1.165, 1.54) is 32.1 Å². The van der Waals surface area contributed by atoms with E-state index in [-0.39, 0.29) is 17.2 Å². The van der Waals surface area contributed by atoms with E-state index in [1.54, 1.807) is 13.0 Å². The van der Waals surface area contributed by atoms with Crippen LogP contribution in [0.5, 0.6) is 5.75 Å². The minimum Gasteiger partial charge on any atom is -0.507 e. The Bertz CT molecular complexity index is 466. The van der Waals surface area contributed by atoms with Crippen LogP contribution in [0.3, 0.4) is 0 Å². The summed E-state index contributed by atoms with van der Waals surface area (Å²) in [5.41, 5.74) is 1.41. The lowest BCUT2D eigenvalue weighted by molar-refractivity contribution is 0.0692. The lowest BCUT2D eigenvalue weighted by Crippen LogP contribution is -2.04. The molecule has 0 spiro atoms. The first-order valence-electron chi connectivity index (χ1n) is 8.04. The van der Waals surface area contributed by atoms with Crippen LogP contribution in [0.15, 0.2) is 12.1 Å². The molecular formula is C18H28O3. The zero-order chi connectivity index (χ0) is 15.8. The number of aryl methyl sites for hydroxylation is 1. The summed E-state index contributed by atoms with van der Waals surface area (Å²) in [6.45, 7) is 5.98. The molecule has 118 valence electrons. The highest BCUT2D eigenvalue weighted by molar-refractivity contribution is 5.93. The molecule has 0 aliphatic heterocycles. The molecule has 0 heterocycles. The second-order valence-corrected chi connectivity index (χ2v) is 5.96. The van der Waals surface area contributed by atoms with Gasteiger partial charge in [0.1, 0.15) is 11.3 Å². The van der Waals surface area contributed by atoms with Crippen molar-refractivity contribution < 1.29 is 15.0 Å². The monoisotopic (exact) mass is 292 g/mol. The lowest BCUT2D eigenvalue weighted by Gasteiger charge is -2.16. The standard InChI is InChI=1S/C18H28O3/c1-4-5-6-7-8-9-10-13(2)15-12-11-14(3)16(17(15)19)18(20)21/h11-13,19H,4-10H2,1-3H3,(H,20,21). The van der Waals surface area contributed by atoms with Gasteiger partial charge in [-0.2, -0.15) is 0 Å². The summed E-state index contributed by atoms with van der Waals surface area (Å²) in [5.74, 6) is -0.922. The van der Waals surface area contributed by atoms with Crippen molar-refractivity contribution in [3.8, 4) is 5.75 Å². The molecule has 0 saturated carbocycles. The molecule has 0 fully saturated rings. The highest BCUT2D eigenvalue weighted by Gasteiger charge is 2.19. The molecule has 0 radical (unpaired) electrons. The van der Waals surface area contributed by atoms with Gasteiger partial charge in [0.05, 0.1) is 0 Å². The molecule has 0 amide bonds. The summed E-state index contributed by atoms with van der Waals surface area (Å²) < 4.78 is 0. The number of aromatic hydroxyl groups is 1. The van der Waals surface area contributed by atoms with Crippen LogP contribution in [-0.2, 0) is 0 Å². The number of carboxylic acid groups (broad SMARTS) is 1. The van der Waals surface area contributed by atoms with Crippen LogP contribution in [0.4, 0.5) is 0 Å². The van der Waals surface area contributed by atoms with Crippen molar-refractivity contribution in [1.82, 2.24) is 0 Å². The first kappa shape index (κ1) is 17.5. The molecule has 0 bridgehead atoms. The molecular weight excluding hydrogens is 264 g/mol. The van der Waals surface area contributed by atoms with Gasteiger partial charge >= 0.3 is 5.97 Å². The zero-order valence-corrected chi connectivity index (χ0v) is 13.5. The summed E-state index contributed by atoms with van der Waals surface area (Å²) >= 11 is 0. The number of rotatable bonds is 9. The SMILES string of the molecule is CCCCCCCCC(C)c1ccc(C)c(C(=O)O)c1O. The van der Waals surface area contributed by atoms with Gasteiger partial charge in [0.15, 0.2) is 0 Å². The van der Waals surface area contributed by atoms with Crippen molar-refractivity contribution in [3.05, 3.63) is 28.8 Å². The second kappa shape index (κ2) is 8.71. The van der Waals surface area contributed by atoms with Crippen LogP contribution >= 0.6 is 0 Å². The van der Waals surface area contributed by atoms with Gasteiger partial charge in [-0.05, 0) is 30.4 Å². The van der Waals surface area contributed by atoms with E-state index in [1.807, 2.05) is 6.07 Å². The maximum Gasteiger partial charge on any atom is 0.339 e. The first-order chi connectivity index (χ1) is 9.99. The second-order valence-electron chi connectivity index (χ2n) is 5.96. The van der Waals surface area contributed by atoms with Crippen molar-refractivity contribution >= 4 is 5.97 Å². The average Bonchev–Trinajstić information content (AvgIpc) is 2.42. The molecule has 0 aromatic heterocycles. The van der Waals surface area contributed by atoms with Crippen LogP contribution in [0.25, 0.3) is 0 Å². The Morgan fingerprint density at radius 2 is 1.76 bits per heavy atom. The van der Waals surface area contributed by atoms with Gasteiger partial charge in [-0.3, -0.25) is 0 Å². The summed E-state index contributed by atoms with van der Waals surface area (Å²) in [4.78, 5) is 11.2. The summed E-state index contributed by atoms with van der Waals surface area (Å²) in [5, 5.41) is 19.4. The molecule has 21 heavy (non-hydrogen) atoms. The van der Waals surface area contributed by atoms with Crippen molar-refractivity contribution in [1.29, 1.82) is 0 Å². The van der Waals surface area contributed by atoms with E-state index in [9.17, 15) is 15.0 Å². The van der Waals surface area contributed by atoms with E-state index < -0.39 is 5.97 Å². The highest BCUT2D eigenvalue weighted by atomic mass is 16.4.